The number of nitrogens with one attached hydrogen (secondary N) is 1. The molecule has 1 aliphatic rings. The molecular weight excluding hydrogens is 219 g/mol. The van der Waals surface area contributed by atoms with Gasteiger partial charge >= 0.3 is 6.18 Å². The second-order valence-corrected chi connectivity index (χ2v) is 4.90. The molecule has 2 nitrogen and oxygen atoms in total. The van der Waals surface area contributed by atoms with Gasteiger partial charge in [-0.25, -0.2) is 0 Å². The molecule has 0 amide bonds. The van der Waals surface area contributed by atoms with Gasteiger partial charge in [-0.1, -0.05) is 0 Å². The Labute approximate surface area is 94.2 Å². The Morgan fingerprint density at radius 1 is 1.38 bits per heavy atom. The Hall–Kier alpha value is -0.290. The van der Waals surface area contributed by atoms with Crippen LogP contribution in [0.4, 0.5) is 13.2 Å². The second kappa shape index (κ2) is 4.92. The summed E-state index contributed by atoms with van der Waals surface area (Å²) in [5.41, 5.74) is -2.44. The molecule has 0 saturated heterocycles. The Kier molecular flexibility index (Phi) is 4.23. The lowest BCUT2D eigenvalue weighted by Gasteiger charge is -2.37. The molecule has 96 valence electrons. The van der Waals surface area contributed by atoms with Crippen molar-refractivity contribution in [1.82, 2.24) is 5.32 Å². The lowest BCUT2D eigenvalue weighted by Crippen LogP contribution is -2.48. The number of aliphatic hydroxyl groups is 1. The van der Waals surface area contributed by atoms with Crippen LogP contribution >= 0.6 is 0 Å². The third kappa shape index (κ3) is 3.10. The molecule has 0 aromatic heterocycles. The fraction of sp³-hybridized carbons (Fsp3) is 1.00. The first-order valence-corrected chi connectivity index (χ1v) is 5.75. The minimum Gasteiger partial charge on any atom is -0.380 e. The molecule has 0 aliphatic heterocycles. The minimum atomic E-state index is -4.48. The predicted molar refractivity (Wildman–Crippen MR) is 56.1 cm³/mol. The molecule has 1 fully saturated rings. The molecule has 1 aliphatic carbocycles. The summed E-state index contributed by atoms with van der Waals surface area (Å²) < 4.78 is 37.6. The number of hydrogen-bond donors (Lipinski definition) is 2. The summed E-state index contributed by atoms with van der Waals surface area (Å²) >= 11 is 0. The Balaban J connectivity index is 2.45. The topological polar surface area (TPSA) is 32.3 Å². The van der Waals surface area contributed by atoms with Crippen molar-refractivity contribution in [2.75, 3.05) is 7.05 Å². The van der Waals surface area contributed by atoms with Crippen molar-refractivity contribution in [3.63, 3.8) is 0 Å². The first kappa shape index (κ1) is 13.8. The molecule has 1 atom stereocenters. The maximum Gasteiger partial charge on any atom is 0.417 e. The highest BCUT2D eigenvalue weighted by Crippen LogP contribution is 2.43. The van der Waals surface area contributed by atoms with Gasteiger partial charge in [0.15, 0.2) is 5.60 Å². The van der Waals surface area contributed by atoms with Gasteiger partial charge in [0.25, 0.3) is 0 Å². The zero-order valence-corrected chi connectivity index (χ0v) is 9.77. The van der Waals surface area contributed by atoms with Gasteiger partial charge in [-0.3, -0.25) is 0 Å². The normalized spacial score (nSPS) is 33.8. The van der Waals surface area contributed by atoms with Crippen LogP contribution in [-0.4, -0.2) is 30.0 Å². The van der Waals surface area contributed by atoms with Gasteiger partial charge < -0.3 is 10.4 Å². The summed E-state index contributed by atoms with van der Waals surface area (Å²) in [5, 5.41) is 12.6. The van der Waals surface area contributed by atoms with E-state index >= 15 is 0 Å². The maximum absolute atomic E-state index is 12.5. The molecule has 2 N–H and O–H groups in total. The van der Waals surface area contributed by atoms with Crippen molar-refractivity contribution < 1.29 is 18.3 Å². The summed E-state index contributed by atoms with van der Waals surface area (Å²) in [6.45, 7) is 2.02. The third-order valence-corrected chi connectivity index (χ3v) is 3.64. The summed E-state index contributed by atoms with van der Waals surface area (Å²) in [6.07, 6.45) is -2.99. The smallest absolute Gasteiger partial charge is 0.380 e. The van der Waals surface area contributed by atoms with E-state index in [1.165, 1.54) is 0 Å². The molecule has 0 aromatic carbocycles. The van der Waals surface area contributed by atoms with E-state index < -0.39 is 11.8 Å². The molecule has 0 spiro atoms. The Bertz CT molecular complexity index is 222. The fourth-order valence-corrected chi connectivity index (χ4v) is 2.29. The standard InChI is InChI=1S/C11H20F3NO/c1-8(15-2)7-9-3-5-10(16,6-4-9)11(12,13)14/h8-9,15-16H,3-7H2,1-2H3. The van der Waals surface area contributed by atoms with Crippen molar-refractivity contribution >= 4 is 0 Å². The zero-order valence-electron chi connectivity index (χ0n) is 9.77. The molecular formula is C11H20F3NO. The first-order valence-electron chi connectivity index (χ1n) is 5.75. The highest BCUT2D eigenvalue weighted by atomic mass is 19.4. The highest BCUT2D eigenvalue weighted by molar-refractivity contribution is 4.91. The number of rotatable bonds is 3. The van der Waals surface area contributed by atoms with Crippen LogP contribution in [0, 0.1) is 5.92 Å². The van der Waals surface area contributed by atoms with Crippen molar-refractivity contribution in [1.29, 1.82) is 0 Å². The number of alkyl halides is 3. The molecule has 1 rings (SSSR count). The molecule has 1 saturated carbocycles. The van der Waals surface area contributed by atoms with Gasteiger partial charge in [0.2, 0.25) is 0 Å². The van der Waals surface area contributed by atoms with Gasteiger partial charge in [-0.15, -0.1) is 0 Å². The molecule has 0 heterocycles. The van der Waals surface area contributed by atoms with Gasteiger partial charge in [-0.05, 0) is 52.0 Å². The number of halogens is 3. The van der Waals surface area contributed by atoms with E-state index in [0.29, 0.717) is 24.8 Å². The van der Waals surface area contributed by atoms with E-state index in [2.05, 4.69) is 5.32 Å². The van der Waals surface area contributed by atoms with Crippen LogP contribution in [-0.2, 0) is 0 Å². The number of hydrogen-bond acceptors (Lipinski definition) is 2. The van der Waals surface area contributed by atoms with E-state index in [9.17, 15) is 18.3 Å². The largest absolute Gasteiger partial charge is 0.417 e. The van der Waals surface area contributed by atoms with E-state index in [4.69, 9.17) is 0 Å². The first-order chi connectivity index (χ1) is 7.28. The fourth-order valence-electron chi connectivity index (χ4n) is 2.29. The highest BCUT2D eigenvalue weighted by Gasteiger charge is 2.54. The van der Waals surface area contributed by atoms with Crippen LogP contribution in [0.15, 0.2) is 0 Å². The maximum atomic E-state index is 12.5. The minimum absolute atomic E-state index is 0.155. The van der Waals surface area contributed by atoms with Crippen molar-refractivity contribution in [3.8, 4) is 0 Å². The monoisotopic (exact) mass is 239 g/mol. The quantitative estimate of drug-likeness (QED) is 0.793. The van der Waals surface area contributed by atoms with Crippen LogP contribution in [0.1, 0.15) is 39.0 Å². The molecule has 1 unspecified atom stereocenters. The Morgan fingerprint density at radius 3 is 2.25 bits per heavy atom. The van der Waals surface area contributed by atoms with E-state index in [0.717, 1.165) is 6.42 Å². The van der Waals surface area contributed by atoms with Gasteiger partial charge in [0, 0.05) is 6.04 Å². The second-order valence-electron chi connectivity index (χ2n) is 4.90. The van der Waals surface area contributed by atoms with Crippen LogP contribution in [0.3, 0.4) is 0 Å². The van der Waals surface area contributed by atoms with Crippen LogP contribution in [0.2, 0.25) is 0 Å². The summed E-state index contributed by atoms with van der Waals surface area (Å²) in [7, 11) is 1.85. The van der Waals surface area contributed by atoms with Crippen molar-refractivity contribution in [2.45, 2.75) is 56.8 Å². The van der Waals surface area contributed by atoms with Crippen LogP contribution in [0.5, 0.6) is 0 Å². The van der Waals surface area contributed by atoms with Crippen LogP contribution in [0.25, 0.3) is 0 Å². The van der Waals surface area contributed by atoms with E-state index in [-0.39, 0.29) is 12.8 Å². The van der Waals surface area contributed by atoms with Gasteiger partial charge in [0.05, 0.1) is 0 Å². The van der Waals surface area contributed by atoms with E-state index in [1.54, 1.807) is 0 Å². The molecule has 0 radical (unpaired) electrons. The molecule has 0 aromatic rings. The third-order valence-electron chi connectivity index (χ3n) is 3.64. The predicted octanol–water partition coefficient (Wildman–Crippen LogP) is 2.47. The lowest BCUT2D eigenvalue weighted by molar-refractivity contribution is -0.272. The molecule has 0 bridgehead atoms. The Morgan fingerprint density at radius 2 is 1.88 bits per heavy atom. The van der Waals surface area contributed by atoms with Gasteiger partial charge in [0.1, 0.15) is 0 Å². The summed E-state index contributed by atoms with van der Waals surface area (Å²) in [6, 6.07) is 0.321. The SMILES string of the molecule is CNC(C)CC1CCC(O)(C(F)(F)F)CC1. The van der Waals surface area contributed by atoms with Crippen LogP contribution < -0.4 is 5.32 Å². The van der Waals surface area contributed by atoms with Gasteiger partial charge in [-0.2, -0.15) is 13.2 Å². The lowest BCUT2D eigenvalue weighted by atomic mass is 9.76. The molecule has 16 heavy (non-hydrogen) atoms. The van der Waals surface area contributed by atoms with Crippen molar-refractivity contribution in [3.05, 3.63) is 0 Å². The average Bonchev–Trinajstić information content (AvgIpc) is 2.20. The molecule has 5 heteroatoms. The van der Waals surface area contributed by atoms with E-state index in [1.807, 2.05) is 14.0 Å². The summed E-state index contributed by atoms with van der Waals surface area (Å²) in [4.78, 5) is 0. The van der Waals surface area contributed by atoms with Crippen molar-refractivity contribution in [2.24, 2.45) is 5.92 Å². The average molecular weight is 239 g/mol. The zero-order chi connectivity index (χ0) is 12.4. The summed E-state index contributed by atoms with van der Waals surface area (Å²) in [5.74, 6) is 0.296.